The van der Waals surface area contributed by atoms with Crippen LogP contribution in [0.3, 0.4) is 0 Å². The zero-order valence-corrected chi connectivity index (χ0v) is 20.6. The van der Waals surface area contributed by atoms with E-state index in [1.807, 2.05) is 0 Å². The number of aliphatic hydroxyl groups excluding tert-OH is 1. The van der Waals surface area contributed by atoms with Gasteiger partial charge in [-0.25, -0.2) is 9.78 Å². The van der Waals surface area contributed by atoms with Crippen LogP contribution < -0.4 is 15.1 Å². The smallest absolute Gasteiger partial charge is 0.347 e. The second-order valence-corrected chi connectivity index (χ2v) is 10.7. The monoisotopic (exact) mass is 486 g/mol. The van der Waals surface area contributed by atoms with E-state index >= 15 is 0 Å². The van der Waals surface area contributed by atoms with Crippen molar-refractivity contribution in [1.29, 1.82) is 0 Å². The van der Waals surface area contributed by atoms with E-state index in [9.17, 15) is 15.0 Å². The van der Waals surface area contributed by atoms with Crippen molar-refractivity contribution in [3.8, 4) is 0 Å². The van der Waals surface area contributed by atoms with Crippen LogP contribution in [0, 0.1) is 6.92 Å². The maximum Gasteiger partial charge on any atom is 0.347 e. The number of nitrogens with one attached hydrogen (secondary N) is 1. The Morgan fingerprint density at radius 1 is 0.971 bits per heavy atom. The number of rotatable bonds is 5. The average molecular weight is 487 g/mol. The number of aryl methyl sites for hydroxylation is 1. The number of hydrogen-bond donors (Lipinski definition) is 3. The van der Waals surface area contributed by atoms with Crippen molar-refractivity contribution in [2.24, 2.45) is 0 Å². The minimum absolute atomic E-state index is 0.228. The Morgan fingerprint density at radius 3 is 2.41 bits per heavy atom. The minimum Gasteiger partial charge on any atom is -0.477 e. The van der Waals surface area contributed by atoms with Gasteiger partial charge in [0.25, 0.3) is 0 Å². The van der Waals surface area contributed by atoms with Crippen molar-refractivity contribution < 1.29 is 15.0 Å². The normalized spacial score (nSPS) is 20.2. The lowest BCUT2D eigenvalue weighted by Gasteiger charge is -2.37. The molecule has 0 amide bonds. The van der Waals surface area contributed by atoms with Crippen molar-refractivity contribution in [3.63, 3.8) is 0 Å². The largest absolute Gasteiger partial charge is 0.477 e. The number of aromatic carboxylic acids is 1. The first-order chi connectivity index (χ1) is 16.5. The van der Waals surface area contributed by atoms with Crippen LogP contribution in [-0.4, -0.2) is 62.9 Å². The lowest BCUT2D eigenvalue weighted by atomic mass is 9.94. The predicted molar refractivity (Wildman–Crippen MR) is 134 cm³/mol. The SMILES string of the molecule is Cc1nc(Nc2nc(N3CCC(O)CC3)c3c(n2)N(C2CCCCC2)CCCC3)sc1C(=O)O. The van der Waals surface area contributed by atoms with Gasteiger partial charge in [-0.1, -0.05) is 30.6 Å². The van der Waals surface area contributed by atoms with Crippen LogP contribution in [0.5, 0.6) is 0 Å². The Hall–Kier alpha value is -2.46. The fourth-order valence-electron chi connectivity index (χ4n) is 5.50. The lowest BCUT2D eigenvalue weighted by Crippen LogP contribution is -2.40. The molecule has 34 heavy (non-hydrogen) atoms. The highest BCUT2D eigenvalue weighted by molar-refractivity contribution is 7.17. The summed E-state index contributed by atoms with van der Waals surface area (Å²) in [4.78, 5) is 30.9. The fourth-order valence-corrected chi connectivity index (χ4v) is 6.30. The van der Waals surface area contributed by atoms with Gasteiger partial charge in [-0.05, 0) is 51.9 Å². The quantitative estimate of drug-likeness (QED) is 0.574. The topological polar surface area (TPSA) is 115 Å². The summed E-state index contributed by atoms with van der Waals surface area (Å²) in [5, 5.41) is 23.2. The molecule has 0 unspecified atom stereocenters. The Balaban J connectivity index is 1.55. The summed E-state index contributed by atoms with van der Waals surface area (Å²) in [6.45, 7) is 4.25. The molecule has 1 saturated heterocycles. The first-order valence-corrected chi connectivity index (χ1v) is 13.4. The van der Waals surface area contributed by atoms with Crippen LogP contribution >= 0.6 is 11.3 Å². The molecule has 10 heteroatoms. The molecule has 0 atom stereocenters. The second-order valence-electron chi connectivity index (χ2n) is 9.70. The van der Waals surface area contributed by atoms with Crippen molar-refractivity contribution in [2.45, 2.75) is 83.3 Å². The molecule has 2 aromatic heterocycles. The van der Waals surface area contributed by atoms with Crippen molar-refractivity contribution in [2.75, 3.05) is 34.8 Å². The maximum absolute atomic E-state index is 11.5. The van der Waals surface area contributed by atoms with Crippen LogP contribution in [0.25, 0.3) is 0 Å². The molecule has 184 valence electrons. The number of thiazole rings is 1. The third kappa shape index (κ3) is 4.84. The number of nitrogens with zero attached hydrogens (tertiary/aromatic N) is 5. The molecular formula is C24H34N6O3S. The molecule has 2 aliphatic heterocycles. The summed E-state index contributed by atoms with van der Waals surface area (Å²) in [7, 11) is 0. The van der Waals surface area contributed by atoms with Gasteiger partial charge in [-0.3, -0.25) is 5.32 Å². The molecule has 4 heterocycles. The number of aromatic nitrogens is 3. The van der Waals surface area contributed by atoms with Gasteiger partial charge in [0, 0.05) is 31.2 Å². The van der Waals surface area contributed by atoms with Gasteiger partial charge >= 0.3 is 5.97 Å². The van der Waals surface area contributed by atoms with Crippen LogP contribution in [0.1, 0.15) is 78.7 Å². The van der Waals surface area contributed by atoms with E-state index in [2.05, 4.69) is 20.1 Å². The number of anilines is 4. The number of carbonyl (C=O) groups is 1. The summed E-state index contributed by atoms with van der Waals surface area (Å²) in [6.07, 6.45) is 10.7. The highest BCUT2D eigenvalue weighted by Crippen LogP contribution is 2.38. The molecule has 3 N–H and O–H groups in total. The Kier molecular flexibility index (Phi) is 6.87. The van der Waals surface area contributed by atoms with E-state index in [1.165, 1.54) is 37.7 Å². The zero-order valence-electron chi connectivity index (χ0n) is 19.8. The first kappa shape index (κ1) is 23.3. The molecule has 3 aliphatic rings. The van der Waals surface area contributed by atoms with Gasteiger partial charge in [-0.2, -0.15) is 9.97 Å². The number of aliphatic hydroxyl groups is 1. The van der Waals surface area contributed by atoms with Gasteiger partial charge < -0.3 is 20.0 Å². The lowest BCUT2D eigenvalue weighted by molar-refractivity contribution is 0.0701. The molecule has 0 aromatic carbocycles. The van der Waals surface area contributed by atoms with Gasteiger partial charge in [0.15, 0.2) is 5.13 Å². The molecular weight excluding hydrogens is 452 g/mol. The number of piperidine rings is 1. The molecule has 0 spiro atoms. The molecule has 0 radical (unpaired) electrons. The molecule has 2 aromatic rings. The Labute approximate surface area is 204 Å². The summed E-state index contributed by atoms with van der Waals surface area (Å²) in [5.41, 5.74) is 1.70. The fraction of sp³-hybridized carbons (Fsp3) is 0.667. The third-order valence-electron chi connectivity index (χ3n) is 7.30. The molecule has 5 rings (SSSR count). The molecule has 9 nitrogen and oxygen atoms in total. The van der Waals surface area contributed by atoms with E-state index in [-0.39, 0.29) is 11.0 Å². The first-order valence-electron chi connectivity index (χ1n) is 12.6. The standard InChI is InChI=1S/C24H34N6O3S/c1-15-19(22(32)33)34-24(25-15)28-23-26-20(29-13-10-17(31)11-14-29)18-9-5-6-12-30(21(18)27-23)16-7-3-2-4-8-16/h16-17,31H,2-14H2,1H3,(H,32,33)(H,25,26,27,28). The van der Waals surface area contributed by atoms with Crippen molar-refractivity contribution >= 4 is 40.0 Å². The Bertz CT molecular complexity index is 1030. The van der Waals surface area contributed by atoms with Gasteiger partial charge in [0.1, 0.15) is 16.5 Å². The van der Waals surface area contributed by atoms with Gasteiger partial charge in [0.05, 0.1) is 11.8 Å². The third-order valence-corrected chi connectivity index (χ3v) is 8.36. The second kappa shape index (κ2) is 10.0. The van der Waals surface area contributed by atoms with Crippen LogP contribution in [0.15, 0.2) is 0 Å². The molecule has 1 aliphatic carbocycles. The van der Waals surface area contributed by atoms with Crippen molar-refractivity contribution in [1.82, 2.24) is 15.0 Å². The number of hydrogen-bond acceptors (Lipinski definition) is 9. The van der Waals surface area contributed by atoms with E-state index in [1.54, 1.807) is 6.92 Å². The maximum atomic E-state index is 11.5. The van der Waals surface area contributed by atoms with E-state index in [4.69, 9.17) is 9.97 Å². The van der Waals surface area contributed by atoms with Gasteiger partial charge in [0.2, 0.25) is 5.95 Å². The summed E-state index contributed by atoms with van der Waals surface area (Å²) in [6, 6.07) is 0.505. The van der Waals surface area contributed by atoms with E-state index in [0.717, 1.165) is 74.7 Å². The van der Waals surface area contributed by atoms with Crippen LogP contribution in [0.4, 0.5) is 22.7 Å². The highest BCUT2D eigenvalue weighted by Gasteiger charge is 2.31. The number of carboxylic acids is 1. The number of carboxylic acid groups (broad SMARTS) is 1. The Morgan fingerprint density at radius 2 is 1.71 bits per heavy atom. The summed E-state index contributed by atoms with van der Waals surface area (Å²) >= 11 is 1.11. The average Bonchev–Trinajstić information content (AvgIpc) is 3.07. The summed E-state index contributed by atoms with van der Waals surface area (Å²) in [5.74, 6) is 1.47. The van der Waals surface area contributed by atoms with Crippen LogP contribution in [0.2, 0.25) is 0 Å². The molecule has 2 fully saturated rings. The molecule has 1 saturated carbocycles. The minimum atomic E-state index is -0.970. The van der Waals surface area contributed by atoms with E-state index in [0.29, 0.717) is 22.8 Å². The van der Waals surface area contributed by atoms with Gasteiger partial charge in [-0.15, -0.1) is 0 Å². The zero-order chi connectivity index (χ0) is 23.7. The number of fused-ring (bicyclic) bond motifs is 1. The van der Waals surface area contributed by atoms with Crippen LogP contribution in [-0.2, 0) is 6.42 Å². The highest BCUT2D eigenvalue weighted by atomic mass is 32.1. The van der Waals surface area contributed by atoms with Crippen molar-refractivity contribution in [3.05, 3.63) is 16.1 Å². The predicted octanol–water partition coefficient (Wildman–Crippen LogP) is 4.12. The summed E-state index contributed by atoms with van der Waals surface area (Å²) < 4.78 is 0. The van der Waals surface area contributed by atoms with E-state index < -0.39 is 5.97 Å². The molecule has 0 bridgehead atoms.